The van der Waals surface area contributed by atoms with Crippen LogP contribution < -0.4 is 0 Å². The van der Waals surface area contributed by atoms with Gasteiger partial charge in [-0.2, -0.15) is 0 Å². The molecule has 2 fully saturated rings. The van der Waals surface area contributed by atoms with Crippen molar-refractivity contribution < 1.29 is 19.2 Å². The molecule has 6 nitrogen and oxygen atoms in total. The van der Waals surface area contributed by atoms with Crippen LogP contribution in [0.25, 0.3) is 0 Å². The summed E-state index contributed by atoms with van der Waals surface area (Å²) in [6.07, 6.45) is 1.41. The van der Waals surface area contributed by atoms with E-state index in [0.29, 0.717) is 12.8 Å². The van der Waals surface area contributed by atoms with E-state index in [4.69, 9.17) is 0 Å². The quantitative estimate of drug-likeness (QED) is 0.650. The number of carbonyl (C=O) groups excluding carboxylic acids is 4. The van der Waals surface area contributed by atoms with E-state index in [-0.39, 0.29) is 52.4 Å². The van der Waals surface area contributed by atoms with Crippen LogP contribution in [0.5, 0.6) is 0 Å². The Bertz CT molecular complexity index is 687. The van der Waals surface area contributed by atoms with Crippen molar-refractivity contribution in [1.29, 1.82) is 0 Å². The molecule has 0 aromatic carbocycles. The molecule has 2 unspecified atom stereocenters. The van der Waals surface area contributed by atoms with Gasteiger partial charge in [-0.1, -0.05) is 20.8 Å². The predicted octanol–water partition coefficient (Wildman–Crippen LogP) is 3.38. The zero-order chi connectivity index (χ0) is 21.7. The lowest BCUT2D eigenvalue weighted by atomic mass is 9.90. The monoisotopic (exact) mass is 410 g/mol. The number of thioether (sulfide) groups is 1. The average Bonchev–Trinajstić information content (AvgIpc) is 2.91. The second-order valence-electron chi connectivity index (χ2n) is 10.5. The van der Waals surface area contributed by atoms with Gasteiger partial charge in [0, 0.05) is 34.6 Å². The topological polar surface area (TPSA) is 74.8 Å². The number of hydrogen-bond acceptors (Lipinski definition) is 5. The standard InChI is InChI=1S/C21H34N2O4S/c1-19(2,3)22-15(24)11-13(17(22)26)9-10-21(7,8)23-16(25)12-14(18(23)27)28-20(4,5)6/h13-14H,9-12H2,1-8H3. The van der Waals surface area contributed by atoms with Crippen molar-refractivity contribution in [3.63, 3.8) is 0 Å². The van der Waals surface area contributed by atoms with E-state index >= 15 is 0 Å². The van der Waals surface area contributed by atoms with Gasteiger partial charge in [-0.15, -0.1) is 11.8 Å². The Morgan fingerprint density at radius 2 is 1.36 bits per heavy atom. The van der Waals surface area contributed by atoms with Crippen LogP contribution in [0.1, 0.15) is 81.1 Å². The summed E-state index contributed by atoms with van der Waals surface area (Å²) in [5, 5.41) is -0.349. The van der Waals surface area contributed by atoms with Crippen LogP contribution in [0.15, 0.2) is 0 Å². The zero-order valence-electron chi connectivity index (χ0n) is 18.4. The maximum Gasteiger partial charge on any atom is 0.243 e. The van der Waals surface area contributed by atoms with Crippen LogP contribution in [0.2, 0.25) is 0 Å². The fourth-order valence-electron chi connectivity index (χ4n) is 4.02. The van der Waals surface area contributed by atoms with E-state index in [0.717, 1.165) is 0 Å². The third-order valence-electron chi connectivity index (χ3n) is 5.22. The fourth-order valence-corrected chi connectivity index (χ4v) is 5.31. The molecule has 0 aromatic heterocycles. The fraction of sp³-hybridized carbons (Fsp3) is 0.810. The Labute approximate surface area is 172 Å². The molecule has 0 aliphatic carbocycles. The number of amides is 4. The lowest BCUT2D eigenvalue weighted by Gasteiger charge is -2.35. The summed E-state index contributed by atoms with van der Waals surface area (Å²) in [6.45, 7) is 15.4. The molecule has 0 spiro atoms. The molecular formula is C21H34N2O4S. The van der Waals surface area contributed by atoms with Gasteiger partial charge in [-0.25, -0.2) is 0 Å². The number of nitrogens with zero attached hydrogens (tertiary/aromatic N) is 2. The SMILES string of the molecule is CC(C)(C)SC1CC(=O)N(C(C)(C)CCC2CC(=O)N(C(C)(C)C)C2=O)C1=O. The van der Waals surface area contributed by atoms with Gasteiger partial charge in [0.25, 0.3) is 0 Å². The molecule has 7 heteroatoms. The first-order valence-corrected chi connectivity index (χ1v) is 10.8. The minimum Gasteiger partial charge on any atom is -0.277 e. The van der Waals surface area contributed by atoms with Crippen LogP contribution in [0.4, 0.5) is 0 Å². The molecule has 0 radical (unpaired) electrons. The van der Waals surface area contributed by atoms with Crippen molar-refractivity contribution in [2.45, 2.75) is 102 Å². The molecule has 2 heterocycles. The van der Waals surface area contributed by atoms with Crippen molar-refractivity contribution in [3.05, 3.63) is 0 Å². The second kappa shape index (κ2) is 7.47. The van der Waals surface area contributed by atoms with E-state index in [1.807, 2.05) is 55.4 Å². The van der Waals surface area contributed by atoms with Crippen molar-refractivity contribution in [1.82, 2.24) is 9.80 Å². The van der Waals surface area contributed by atoms with Crippen LogP contribution in [-0.4, -0.2) is 54.5 Å². The van der Waals surface area contributed by atoms with Gasteiger partial charge in [-0.05, 0) is 47.5 Å². The van der Waals surface area contributed by atoms with Crippen LogP contribution >= 0.6 is 11.8 Å². The molecule has 4 amide bonds. The van der Waals surface area contributed by atoms with Gasteiger partial charge in [0.2, 0.25) is 23.6 Å². The van der Waals surface area contributed by atoms with Crippen LogP contribution in [-0.2, 0) is 19.2 Å². The van der Waals surface area contributed by atoms with E-state index in [1.165, 1.54) is 21.6 Å². The Hall–Kier alpha value is -1.37. The molecule has 0 saturated carbocycles. The molecule has 0 aromatic rings. The number of rotatable bonds is 5. The maximum atomic E-state index is 12.9. The van der Waals surface area contributed by atoms with E-state index in [9.17, 15) is 19.2 Å². The molecule has 158 valence electrons. The minimum absolute atomic E-state index is 0.103. The van der Waals surface area contributed by atoms with Crippen molar-refractivity contribution in [2.75, 3.05) is 0 Å². The Morgan fingerprint density at radius 3 is 1.82 bits per heavy atom. The second-order valence-corrected chi connectivity index (χ2v) is 12.5. The molecular weight excluding hydrogens is 376 g/mol. The lowest BCUT2D eigenvalue weighted by molar-refractivity contribution is -0.145. The summed E-state index contributed by atoms with van der Waals surface area (Å²) in [5.41, 5.74) is -1.21. The average molecular weight is 411 g/mol. The first-order valence-electron chi connectivity index (χ1n) is 9.96. The Kier molecular flexibility index (Phi) is 6.11. The molecule has 2 saturated heterocycles. The molecule has 0 N–H and O–H groups in total. The van der Waals surface area contributed by atoms with Gasteiger partial charge in [0.05, 0.1) is 5.25 Å². The molecule has 2 rings (SSSR count). The van der Waals surface area contributed by atoms with Crippen molar-refractivity contribution in [2.24, 2.45) is 5.92 Å². The third-order valence-corrected chi connectivity index (χ3v) is 6.58. The predicted molar refractivity (Wildman–Crippen MR) is 111 cm³/mol. The maximum absolute atomic E-state index is 12.9. The summed E-state index contributed by atoms with van der Waals surface area (Å²) in [7, 11) is 0. The normalized spacial score (nSPS) is 24.7. The van der Waals surface area contributed by atoms with Gasteiger partial charge in [0.15, 0.2) is 0 Å². The van der Waals surface area contributed by atoms with E-state index in [1.54, 1.807) is 0 Å². The largest absolute Gasteiger partial charge is 0.277 e. The molecule has 2 atom stereocenters. The first kappa shape index (κ1) is 22.9. The van der Waals surface area contributed by atoms with Crippen molar-refractivity contribution in [3.8, 4) is 0 Å². The zero-order valence-corrected chi connectivity index (χ0v) is 19.2. The van der Waals surface area contributed by atoms with E-state index < -0.39 is 11.1 Å². The highest BCUT2D eigenvalue weighted by Gasteiger charge is 2.49. The lowest BCUT2D eigenvalue weighted by Crippen LogP contribution is -2.49. The van der Waals surface area contributed by atoms with Crippen LogP contribution in [0.3, 0.4) is 0 Å². The highest BCUT2D eigenvalue weighted by molar-refractivity contribution is 8.01. The Morgan fingerprint density at radius 1 is 0.821 bits per heavy atom. The van der Waals surface area contributed by atoms with Crippen LogP contribution in [0, 0.1) is 5.92 Å². The summed E-state index contributed by atoms with van der Waals surface area (Å²) < 4.78 is -0.103. The summed E-state index contributed by atoms with van der Waals surface area (Å²) >= 11 is 1.53. The summed E-state index contributed by atoms with van der Waals surface area (Å²) in [4.78, 5) is 53.2. The minimum atomic E-state index is -0.681. The van der Waals surface area contributed by atoms with E-state index in [2.05, 4.69) is 0 Å². The van der Waals surface area contributed by atoms with Crippen molar-refractivity contribution >= 4 is 35.4 Å². The third kappa shape index (κ3) is 4.78. The number of carbonyl (C=O) groups is 4. The Balaban J connectivity index is 2.06. The molecule has 2 aliphatic heterocycles. The van der Waals surface area contributed by atoms with Gasteiger partial charge in [-0.3, -0.25) is 29.0 Å². The first-order chi connectivity index (χ1) is 12.5. The number of imide groups is 2. The van der Waals surface area contributed by atoms with Gasteiger partial charge in [0.1, 0.15) is 0 Å². The number of likely N-dealkylation sites (tertiary alicyclic amines) is 2. The summed E-state index contributed by atoms with van der Waals surface area (Å²) in [5.74, 6) is -0.954. The molecule has 0 bridgehead atoms. The molecule has 2 aliphatic rings. The highest BCUT2D eigenvalue weighted by atomic mass is 32.2. The number of hydrogen-bond donors (Lipinski definition) is 0. The highest BCUT2D eigenvalue weighted by Crippen LogP contribution is 2.39. The van der Waals surface area contributed by atoms with Gasteiger partial charge >= 0.3 is 0 Å². The summed E-state index contributed by atoms with van der Waals surface area (Å²) in [6, 6.07) is 0. The smallest absolute Gasteiger partial charge is 0.243 e. The molecule has 28 heavy (non-hydrogen) atoms. The van der Waals surface area contributed by atoms with Gasteiger partial charge < -0.3 is 0 Å².